The van der Waals surface area contributed by atoms with Gasteiger partial charge in [-0.1, -0.05) is 15.9 Å². The van der Waals surface area contributed by atoms with Crippen LogP contribution in [0.2, 0.25) is 0 Å². The van der Waals surface area contributed by atoms with Gasteiger partial charge in [0, 0.05) is 16.3 Å². The second kappa shape index (κ2) is 2.66. The SMILES string of the molecule is Brc1ccc2c(c1)C=NCO2. The van der Waals surface area contributed by atoms with Gasteiger partial charge < -0.3 is 4.74 Å². The molecule has 0 atom stereocenters. The van der Waals surface area contributed by atoms with Crippen molar-refractivity contribution in [1.29, 1.82) is 0 Å². The van der Waals surface area contributed by atoms with E-state index in [9.17, 15) is 0 Å². The van der Waals surface area contributed by atoms with Gasteiger partial charge in [0.2, 0.25) is 0 Å². The minimum absolute atomic E-state index is 0.439. The average molecular weight is 212 g/mol. The number of aliphatic imine (C=N–C) groups is 1. The first kappa shape index (κ1) is 6.85. The molecule has 1 aliphatic heterocycles. The molecule has 2 rings (SSSR count). The van der Waals surface area contributed by atoms with Crippen LogP contribution in [0.4, 0.5) is 0 Å². The average Bonchev–Trinajstić information content (AvgIpc) is 2.04. The molecule has 0 aromatic heterocycles. The summed E-state index contributed by atoms with van der Waals surface area (Å²) in [6, 6.07) is 5.88. The van der Waals surface area contributed by atoms with E-state index in [1.54, 1.807) is 0 Å². The number of hydrogen-bond acceptors (Lipinski definition) is 2. The van der Waals surface area contributed by atoms with Crippen molar-refractivity contribution in [2.75, 3.05) is 6.73 Å². The molecule has 2 nitrogen and oxygen atoms in total. The van der Waals surface area contributed by atoms with E-state index < -0.39 is 0 Å². The largest absolute Gasteiger partial charge is 0.471 e. The van der Waals surface area contributed by atoms with E-state index in [-0.39, 0.29) is 0 Å². The maximum atomic E-state index is 5.26. The van der Waals surface area contributed by atoms with E-state index in [1.165, 1.54) is 0 Å². The summed E-state index contributed by atoms with van der Waals surface area (Å²) in [5.74, 6) is 0.906. The van der Waals surface area contributed by atoms with Gasteiger partial charge in [0.1, 0.15) is 5.75 Å². The fraction of sp³-hybridized carbons (Fsp3) is 0.125. The number of rotatable bonds is 0. The minimum Gasteiger partial charge on any atom is -0.471 e. The zero-order valence-corrected chi connectivity index (χ0v) is 7.34. The third-order valence-electron chi connectivity index (χ3n) is 1.50. The molecule has 0 spiro atoms. The quantitative estimate of drug-likeness (QED) is 0.646. The van der Waals surface area contributed by atoms with Crippen molar-refractivity contribution in [3.05, 3.63) is 28.2 Å². The molecule has 1 aromatic rings. The van der Waals surface area contributed by atoms with Crippen LogP contribution in [-0.4, -0.2) is 12.9 Å². The molecule has 11 heavy (non-hydrogen) atoms. The number of fused-ring (bicyclic) bond motifs is 1. The zero-order chi connectivity index (χ0) is 7.68. The lowest BCUT2D eigenvalue weighted by molar-refractivity contribution is 0.326. The van der Waals surface area contributed by atoms with Gasteiger partial charge in [0.15, 0.2) is 6.73 Å². The molecule has 1 aliphatic rings. The van der Waals surface area contributed by atoms with E-state index >= 15 is 0 Å². The van der Waals surface area contributed by atoms with Crippen molar-refractivity contribution in [2.45, 2.75) is 0 Å². The molecule has 0 radical (unpaired) electrons. The lowest BCUT2D eigenvalue weighted by Crippen LogP contribution is -2.03. The van der Waals surface area contributed by atoms with Crippen LogP contribution >= 0.6 is 15.9 Å². The van der Waals surface area contributed by atoms with E-state index in [0.717, 1.165) is 15.8 Å². The Balaban J connectivity index is 2.54. The molecule has 1 aromatic carbocycles. The third-order valence-corrected chi connectivity index (χ3v) is 1.99. The summed E-state index contributed by atoms with van der Waals surface area (Å²) >= 11 is 3.37. The third kappa shape index (κ3) is 1.28. The van der Waals surface area contributed by atoms with Crippen LogP contribution < -0.4 is 4.74 Å². The first-order valence-electron chi connectivity index (χ1n) is 3.28. The predicted octanol–water partition coefficient (Wildman–Crippen LogP) is 2.22. The lowest BCUT2D eigenvalue weighted by atomic mass is 10.2. The summed E-state index contributed by atoms with van der Waals surface area (Å²) in [6.07, 6.45) is 1.82. The van der Waals surface area contributed by atoms with E-state index in [0.29, 0.717) is 6.73 Å². The number of ether oxygens (including phenoxy) is 1. The van der Waals surface area contributed by atoms with Gasteiger partial charge in [-0.25, -0.2) is 0 Å². The molecule has 0 unspecified atom stereocenters. The number of nitrogens with zero attached hydrogens (tertiary/aromatic N) is 1. The highest BCUT2D eigenvalue weighted by molar-refractivity contribution is 9.10. The molecule has 0 bridgehead atoms. The highest BCUT2D eigenvalue weighted by atomic mass is 79.9. The standard InChI is InChI=1S/C8H6BrNO/c9-7-1-2-8-6(3-7)4-10-5-11-8/h1-4H,5H2. The van der Waals surface area contributed by atoms with Crippen LogP contribution in [0.5, 0.6) is 5.75 Å². The molecule has 0 N–H and O–H groups in total. The van der Waals surface area contributed by atoms with Gasteiger partial charge in [0.25, 0.3) is 0 Å². The van der Waals surface area contributed by atoms with Gasteiger partial charge in [-0.3, -0.25) is 4.99 Å². The van der Waals surface area contributed by atoms with E-state index in [1.807, 2.05) is 24.4 Å². The fourth-order valence-corrected chi connectivity index (χ4v) is 1.37. The van der Waals surface area contributed by atoms with Crippen LogP contribution in [0.3, 0.4) is 0 Å². The van der Waals surface area contributed by atoms with Gasteiger partial charge in [-0.05, 0) is 18.2 Å². The lowest BCUT2D eigenvalue weighted by Gasteiger charge is -2.10. The molecule has 0 amide bonds. The van der Waals surface area contributed by atoms with Crippen molar-refractivity contribution in [1.82, 2.24) is 0 Å². The van der Waals surface area contributed by atoms with Crippen molar-refractivity contribution in [3.8, 4) is 5.75 Å². The van der Waals surface area contributed by atoms with E-state index in [4.69, 9.17) is 4.74 Å². The molecule has 0 saturated heterocycles. The summed E-state index contributed by atoms with van der Waals surface area (Å²) < 4.78 is 6.31. The molecule has 0 aliphatic carbocycles. The Morgan fingerprint density at radius 3 is 3.27 bits per heavy atom. The van der Waals surface area contributed by atoms with E-state index in [2.05, 4.69) is 20.9 Å². The second-order valence-corrected chi connectivity index (χ2v) is 3.18. The number of benzene rings is 1. The van der Waals surface area contributed by atoms with Gasteiger partial charge in [-0.2, -0.15) is 0 Å². The van der Waals surface area contributed by atoms with Crippen LogP contribution in [-0.2, 0) is 0 Å². The first-order chi connectivity index (χ1) is 5.36. The Kier molecular flexibility index (Phi) is 1.66. The highest BCUT2D eigenvalue weighted by Crippen LogP contribution is 2.23. The van der Waals surface area contributed by atoms with Crippen LogP contribution in [0.1, 0.15) is 5.56 Å². The van der Waals surface area contributed by atoms with Crippen molar-refractivity contribution in [2.24, 2.45) is 4.99 Å². The monoisotopic (exact) mass is 211 g/mol. The summed E-state index contributed by atoms with van der Waals surface area (Å²) in [5, 5.41) is 0. The number of halogens is 1. The molecule has 0 fully saturated rings. The first-order valence-corrected chi connectivity index (χ1v) is 4.08. The topological polar surface area (TPSA) is 21.6 Å². The minimum atomic E-state index is 0.439. The van der Waals surface area contributed by atoms with Crippen LogP contribution in [0.15, 0.2) is 27.7 Å². The van der Waals surface area contributed by atoms with Gasteiger partial charge in [-0.15, -0.1) is 0 Å². The highest BCUT2D eigenvalue weighted by Gasteiger charge is 2.04. The maximum absolute atomic E-state index is 5.26. The van der Waals surface area contributed by atoms with Crippen molar-refractivity contribution >= 4 is 22.1 Å². The van der Waals surface area contributed by atoms with Crippen LogP contribution in [0, 0.1) is 0 Å². The number of hydrogen-bond donors (Lipinski definition) is 0. The maximum Gasteiger partial charge on any atom is 0.179 e. The van der Waals surface area contributed by atoms with Crippen molar-refractivity contribution < 1.29 is 4.74 Å². The van der Waals surface area contributed by atoms with Gasteiger partial charge in [0.05, 0.1) is 0 Å². The normalized spacial score (nSPS) is 13.9. The predicted molar refractivity (Wildman–Crippen MR) is 47.2 cm³/mol. The Morgan fingerprint density at radius 2 is 2.36 bits per heavy atom. The molecule has 3 heteroatoms. The molecular weight excluding hydrogens is 206 g/mol. The Hall–Kier alpha value is -0.830. The Labute approximate surface area is 73.0 Å². The molecule has 1 heterocycles. The second-order valence-electron chi connectivity index (χ2n) is 2.27. The molecule has 0 saturated carbocycles. The summed E-state index contributed by atoms with van der Waals surface area (Å²) in [7, 11) is 0. The Morgan fingerprint density at radius 1 is 1.45 bits per heavy atom. The summed E-state index contributed by atoms with van der Waals surface area (Å²) in [4.78, 5) is 3.99. The summed E-state index contributed by atoms with van der Waals surface area (Å²) in [6.45, 7) is 0.439. The van der Waals surface area contributed by atoms with Crippen LogP contribution in [0.25, 0.3) is 0 Å². The Bertz CT molecular complexity index is 309. The van der Waals surface area contributed by atoms with Gasteiger partial charge >= 0.3 is 0 Å². The summed E-state index contributed by atoms with van der Waals surface area (Å²) in [5.41, 5.74) is 1.03. The van der Waals surface area contributed by atoms with Crippen molar-refractivity contribution in [3.63, 3.8) is 0 Å². The smallest absolute Gasteiger partial charge is 0.179 e. The molecule has 56 valence electrons. The molecular formula is C8H6BrNO. The zero-order valence-electron chi connectivity index (χ0n) is 5.75. The fourth-order valence-electron chi connectivity index (χ4n) is 0.994.